The van der Waals surface area contributed by atoms with E-state index in [9.17, 15) is 4.79 Å². The zero-order valence-electron chi connectivity index (χ0n) is 8.13. The Morgan fingerprint density at radius 2 is 2.08 bits per heavy atom. The van der Waals surface area contributed by atoms with Crippen LogP contribution in [-0.2, 0) is 5.41 Å². The van der Waals surface area contributed by atoms with Gasteiger partial charge < -0.3 is 0 Å². The normalized spacial score (nSPS) is 26.2. The summed E-state index contributed by atoms with van der Waals surface area (Å²) in [6, 6.07) is 7.99. The van der Waals surface area contributed by atoms with Crippen LogP contribution in [0.3, 0.4) is 0 Å². The SMILES string of the molecule is CCC1(C)CC(=O)c2ccccc21. The van der Waals surface area contributed by atoms with Gasteiger partial charge in [-0.3, -0.25) is 4.79 Å². The highest BCUT2D eigenvalue weighted by Gasteiger charge is 2.37. The van der Waals surface area contributed by atoms with Gasteiger partial charge in [0.2, 0.25) is 0 Å². The first-order valence-corrected chi connectivity index (χ1v) is 4.80. The van der Waals surface area contributed by atoms with Crippen LogP contribution in [0, 0.1) is 0 Å². The molecule has 1 unspecified atom stereocenters. The predicted molar refractivity (Wildman–Crippen MR) is 53.0 cm³/mol. The minimum absolute atomic E-state index is 0.0909. The molecule has 0 radical (unpaired) electrons. The van der Waals surface area contributed by atoms with Crippen LogP contribution in [0.15, 0.2) is 24.3 Å². The number of ketones is 1. The lowest BCUT2D eigenvalue weighted by atomic mass is 9.82. The monoisotopic (exact) mass is 174 g/mol. The number of rotatable bonds is 1. The van der Waals surface area contributed by atoms with Gasteiger partial charge in [0.25, 0.3) is 0 Å². The summed E-state index contributed by atoms with van der Waals surface area (Å²) in [5.41, 5.74) is 2.27. The fourth-order valence-electron chi connectivity index (χ4n) is 2.11. The van der Waals surface area contributed by atoms with Crippen molar-refractivity contribution in [1.29, 1.82) is 0 Å². The molecule has 13 heavy (non-hydrogen) atoms. The van der Waals surface area contributed by atoms with Crippen molar-refractivity contribution in [2.24, 2.45) is 0 Å². The van der Waals surface area contributed by atoms with Gasteiger partial charge in [-0.1, -0.05) is 38.1 Å². The molecule has 1 aromatic rings. The lowest BCUT2D eigenvalue weighted by Crippen LogP contribution is -2.16. The van der Waals surface area contributed by atoms with Crippen molar-refractivity contribution in [3.8, 4) is 0 Å². The van der Waals surface area contributed by atoms with Crippen LogP contribution in [0.2, 0.25) is 0 Å². The van der Waals surface area contributed by atoms with Gasteiger partial charge in [-0.25, -0.2) is 0 Å². The van der Waals surface area contributed by atoms with E-state index in [1.165, 1.54) is 5.56 Å². The highest BCUT2D eigenvalue weighted by molar-refractivity contribution is 6.02. The smallest absolute Gasteiger partial charge is 0.164 e. The van der Waals surface area contributed by atoms with Crippen molar-refractivity contribution in [3.05, 3.63) is 35.4 Å². The van der Waals surface area contributed by atoms with Crippen molar-refractivity contribution in [3.63, 3.8) is 0 Å². The second-order valence-electron chi connectivity index (χ2n) is 4.06. The van der Waals surface area contributed by atoms with Crippen molar-refractivity contribution < 1.29 is 4.79 Å². The number of carbonyl (C=O) groups is 1. The molecule has 1 aliphatic rings. The quantitative estimate of drug-likeness (QED) is 0.639. The molecule has 2 rings (SSSR count). The molecule has 0 heterocycles. The molecule has 0 N–H and O–H groups in total. The van der Waals surface area contributed by atoms with Crippen molar-refractivity contribution in [1.82, 2.24) is 0 Å². The first-order valence-electron chi connectivity index (χ1n) is 4.80. The van der Waals surface area contributed by atoms with Crippen LogP contribution in [0.1, 0.15) is 42.6 Å². The lowest BCUT2D eigenvalue weighted by Gasteiger charge is -2.21. The Morgan fingerprint density at radius 3 is 2.77 bits per heavy atom. The molecule has 0 spiro atoms. The third-order valence-electron chi connectivity index (χ3n) is 3.21. The van der Waals surface area contributed by atoms with E-state index >= 15 is 0 Å². The van der Waals surface area contributed by atoms with E-state index in [2.05, 4.69) is 19.9 Å². The molecule has 0 aliphatic heterocycles. The van der Waals surface area contributed by atoms with Gasteiger partial charge in [0.1, 0.15) is 0 Å². The second-order valence-corrected chi connectivity index (χ2v) is 4.06. The summed E-state index contributed by atoms with van der Waals surface area (Å²) in [7, 11) is 0. The van der Waals surface area contributed by atoms with Gasteiger partial charge in [0.05, 0.1) is 0 Å². The summed E-state index contributed by atoms with van der Waals surface area (Å²) in [5.74, 6) is 0.306. The summed E-state index contributed by atoms with van der Waals surface area (Å²) in [4.78, 5) is 11.6. The van der Waals surface area contributed by atoms with Gasteiger partial charge in [-0.2, -0.15) is 0 Å². The molecule has 0 amide bonds. The number of Topliss-reactive ketones (excluding diaryl/α,β-unsaturated/α-hetero) is 1. The number of fused-ring (bicyclic) bond motifs is 1. The molecule has 1 aromatic carbocycles. The molecule has 0 saturated heterocycles. The van der Waals surface area contributed by atoms with Gasteiger partial charge in [-0.15, -0.1) is 0 Å². The molecule has 1 atom stereocenters. The molecular weight excluding hydrogens is 160 g/mol. The van der Waals surface area contributed by atoms with E-state index in [-0.39, 0.29) is 5.41 Å². The standard InChI is InChI=1S/C12H14O/c1-3-12(2)8-11(13)9-6-4-5-7-10(9)12/h4-7H,3,8H2,1-2H3. The third kappa shape index (κ3) is 1.11. The summed E-state index contributed by atoms with van der Waals surface area (Å²) in [6.07, 6.45) is 1.72. The maximum atomic E-state index is 11.6. The molecular formula is C12H14O. The maximum absolute atomic E-state index is 11.6. The topological polar surface area (TPSA) is 17.1 Å². The molecule has 1 nitrogen and oxygen atoms in total. The minimum atomic E-state index is 0.0909. The number of hydrogen-bond donors (Lipinski definition) is 0. The number of carbonyl (C=O) groups excluding carboxylic acids is 1. The largest absolute Gasteiger partial charge is 0.294 e. The average molecular weight is 174 g/mol. The van der Waals surface area contributed by atoms with E-state index < -0.39 is 0 Å². The Balaban J connectivity index is 2.59. The maximum Gasteiger partial charge on any atom is 0.164 e. The summed E-state index contributed by atoms with van der Waals surface area (Å²) in [5, 5.41) is 0. The van der Waals surface area contributed by atoms with Crippen LogP contribution in [0.4, 0.5) is 0 Å². The minimum Gasteiger partial charge on any atom is -0.294 e. The Labute approximate surface area is 78.8 Å². The first-order chi connectivity index (χ1) is 6.17. The van der Waals surface area contributed by atoms with Crippen molar-refractivity contribution in [2.75, 3.05) is 0 Å². The fourth-order valence-corrected chi connectivity index (χ4v) is 2.11. The summed E-state index contributed by atoms with van der Waals surface area (Å²) >= 11 is 0. The zero-order chi connectivity index (χ0) is 9.47. The van der Waals surface area contributed by atoms with Crippen LogP contribution < -0.4 is 0 Å². The molecule has 0 fully saturated rings. The number of benzene rings is 1. The van der Waals surface area contributed by atoms with E-state index in [0.717, 1.165) is 12.0 Å². The van der Waals surface area contributed by atoms with Crippen LogP contribution in [0.25, 0.3) is 0 Å². The Hall–Kier alpha value is -1.11. The van der Waals surface area contributed by atoms with Gasteiger partial charge in [0, 0.05) is 17.4 Å². The Kier molecular flexibility index (Phi) is 1.76. The summed E-state index contributed by atoms with van der Waals surface area (Å²) < 4.78 is 0. The first kappa shape index (κ1) is 8.49. The lowest BCUT2D eigenvalue weighted by molar-refractivity contribution is 0.0975. The van der Waals surface area contributed by atoms with Crippen molar-refractivity contribution >= 4 is 5.78 Å². The highest BCUT2D eigenvalue weighted by Crippen LogP contribution is 2.40. The van der Waals surface area contributed by atoms with Crippen LogP contribution in [-0.4, -0.2) is 5.78 Å². The zero-order valence-corrected chi connectivity index (χ0v) is 8.13. The van der Waals surface area contributed by atoms with Gasteiger partial charge in [0.15, 0.2) is 5.78 Å². The van der Waals surface area contributed by atoms with Crippen LogP contribution in [0.5, 0.6) is 0 Å². The highest BCUT2D eigenvalue weighted by atomic mass is 16.1. The molecule has 0 saturated carbocycles. The number of hydrogen-bond acceptors (Lipinski definition) is 1. The molecule has 1 aliphatic carbocycles. The predicted octanol–water partition coefficient (Wildman–Crippen LogP) is 2.94. The molecule has 0 aromatic heterocycles. The van der Waals surface area contributed by atoms with E-state index in [0.29, 0.717) is 12.2 Å². The molecule has 1 heteroatoms. The van der Waals surface area contributed by atoms with Gasteiger partial charge >= 0.3 is 0 Å². The van der Waals surface area contributed by atoms with Crippen LogP contribution >= 0.6 is 0 Å². The fraction of sp³-hybridized carbons (Fsp3) is 0.417. The second kappa shape index (κ2) is 2.69. The average Bonchev–Trinajstić information content (AvgIpc) is 2.42. The van der Waals surface area contributed by atoms with Gasteiger partial charge in [-0.05, 0) is 12.0 Å². The van der Waals surface area contributed by atoms with E-state index in [1.54, 1.807) is 0 Å². The summed E-state index contributed by atoms with van der Waals surface area (Å²) in [6.45, 7) is 4.33. The van der Waals surface area contributed by atoms with Crippen molar-refractivity contribution in [2.45, 2.75) is 32.1 Å². The van der Waals surface area contributed by atoms with E-state index in [1.807, 2.05) is 18.2 Å². The Morgan fingerprint density at radius 1 is 1.38 bits per heavy atom. The molecule has 68 valence electrons. The third-order valence-corrected chi connectivity index (χ3v) is 3.21. The van der Waals surface area contributed by atoms with E-state index in [4.69, 9.17) is 0 Å². The molecule has 0 bridgehead atoms. The Bertz CT molecular complexity index is 354.